The van der Waals surface area contributed by atoms with E-state index >= 15 is 0 Å². The number of hydrogen-bond acceptors (Lipinski definition) is 8. The van der Waals surface area contributed by atoms with Crippen molar-refractivity contribution in [3.8, 4) is 46.0 Å². The van der Waals surface area contributed by atoms with Crippen LogP contribution in [0.15, 0.2) is 60.7 Å². The van der Waals surface area contributed by atoms with Crippen LogP contribution in [0.4, 0.5) is 0 Å². The summed E-state index contributed by atoms with van der Waals surface area (Å²) in [7, 11) is 9.47. The van der Waals surface area contributed by atoms with Gasteiger partial charge in [0, 0.05) is 43.0 Å². The van der Waals surface area contributed by atoms with E-state index in [0.29, 0.717) is 40.9 Å². The second-order valence-electron chi connectivity index (χ2n) is 16.7. The molecule has 10 heteroatoms. The lowest BCUT2D eigenvalue weighted by molar-refractivity contribution is -0.941. The fraction of sp³-hybridized carbons (Fsp3) is 0.479. The SMILES string of the molecule is COc1ccc2cc1Oc1ccc(cc1)CC1c3cc(c(OC)cc3CC[N+]1(C)CCCCCCCCCCC(=O)O)Oc1c(O)c(OC)cc3c1C(C2)N(C)CC3. The number of aliphatic carboxylic acids is 1. The molecule has 8 rings (SSSR count). The van der Waals surface area contributed by atoms with Crippen LogP contribution in [0.3, 0.4) is 0 Å². The van der Waals surface area contributed by atoms with E-state index in [-0.39, 0.29) is 24.3 Å². The van der Waals surface area contributed by atoms with Crippen molar-refractivity contribution in [2.24, 2.45) is 0 Å². The molecular formula is C48H61N2O8+. The molecule has 10 nitrogen and oxygen atoms in total. The van der Waals surface area contributed by atoms with E-state index in [1.807, 2.05) is 12.1 Å². The van der Waals surface area contributed by atoms with Gasteiger partial charge in [0.1, 0.15) is 11.8 Å². The number of carboxylic acid groups (broad SMARTS) is 1. The number of benzene rings is 4. The first kappa shape index (κ1) is 41.2. The molecule has 6 bridgehead atoms. The number of carbonyl (C=O) groups is 1. The predicted octanol–water partition coefficient (Wildman–Crippen LogP) is 9.97. The van der Waals surface area contributed by atoms with Gasteiger partial charge in [0.2, 0.25) is 5.75 Å². The molecule has 310 valence electrons. The van der Waals surface area contributed by atoms with Crippen molar-refractivity contribution in [3.63, 3.8) is 0 Å². The minimum absolute atomic E-state index is 0.0218. The van der Waals surface area contributed by atoms with E-state index in [9.17, 15) is 9.90 Å². The van der Waals surface area contributed by atoms with Crippen molar-refractivity contribution in [1.82, 2.24) is 4.90 Å². The number of nitrogens with zero attached hydrogens (tertiary/aromatic N) is 2. The summed E-state index contributed by atoms with van der Waals surface area (Å²) >= 11 is 0. The van der Waals surface area contributed by atoms with E-state index in [2.05, 4.69) is 67.5 Å². The summed E-state index contributed by atoms with van der Waals surface area (Å²) in [5.41, 5.74) is 6.84. The Morgan fingerprint density at radius 2 is 1.41 bits per heavy atom. The van der Waals surface area contributed by atoms with E-state index in [0.717, 1.165) is 97.9 Å². The Morgan fingerprint density at radius 3 is 2.12 bits per heavy atom. The van der Waals surface area contributed by atoms with Crippen molar-refractivity contribution in [2.45, 2.75) is 95.6 Å². The van der Waals surface area contributed by atoms with Crippen LogP contribution in [0, 0.1) is 0 Å². The topological polar surface area (TPSA) is 107 Å². The van der Waals surface area contributed by atoms with Crippen LogP contribution in [0.25, 0.3) is 0 Å². The molecule has 58 heavy (non-hydrogen) atoms. The molecule has 4 aliphatic heterocycles. The first-order chi connectivity index (χ1) is 28.1. The Balaban J connectivity index is 1.26. The highest BCUT2D eigenvalue weighted by molar-refractivity contribution is 5.66. The number of quaternary nitrogens is 1. The standard InChI is InChI=1S/C48H60N2O8/c1-49-23-21-35-30-44(56-5)47(53)48-46(35)38(49)26-33-17-20-40(54-3)42(28-33)57-36-18-15-32(16-19-36)27-39-37-31-43(58-48)41(55-4)29-34(37)22-25-50(39,2)24-13-11-9-7-6-8-10-12-14-45(51)52/h15-20,28-31,38-39H,6-14,21-27H2,1-5H3,(H-,51,52,53)/p+1. The zero-order chi connectivity index (χ0) is 40.8. The van der Waals surface area contributed by atoms with E-state index in [4.69, 9.17) is 28.8 Å². The molecule has 0 radical (unpaired) electrons. The normalized spacial score (nSPS) is 19.9. The minimum Gasteiger partial charge on any atom is -0.502 e. The van der Waals surface area contributed by atoms with Gasteiger partial charge >= 0.3 is 5.97 Å². The average Bonchev–Trinajstić information content (AvgIpc) is 3.22. The third-order valence-corrected chi connectivity index (χ3v) is 12.9. The summed E-state index contributed by atoms with van der Waals surface area (Å²) in [6, 6.07) is 20.9. The van der Waals surface area contributed by atoms with Crippen molar-refractivity contribution in [2.75, 3.05) is 55.1 Å². The molecule has 0 fully saturated rings. The molecule has 0 amide bonds. The second-order valence-corrected chi connectivity index (χ2v) is 16.7. The van der Waals surface area contributed by atoms with Gasteiger partial charge in [-0.2, -0.15) is 0 Å². The van der Waals surface area contributed by atoms with Gasteiger partial charge in [0.05, 0.1) is 41.5 Å². The quantitative estimate of drug-likeness (QED) is 0.0953. The van der Waals surface area contributed by atoms with Crippen molar-refractivity contribution in [3.05, 3.63) is 94.0 Å². The molecule has 0 spiro atoms. The molecule has 4 aromatic rings. The third kappa shape index (κ3) is 9.03. The van der Waals surface area contributed by atoms with Crippen LogP contribution < -0.4 is 23.7 Å². The van der Waals surface area contributed by atoms with E-state index in [1.54, 1.807) is 21.3 Å². The van der Waals surface area contributed by atoms with Crippen LogP contribution in [-0.4, -0.2) is 80.6 Å². The number of fused-ring (bicyclic) bond motifs is 2. The number of ether oxygens (including phenoxy) is 5. The van der Waals surface area contributed by atoms with Crippen LogP contribution in [-0.2, 0) is 30.5 Å². The lowest BCUT2D eigenvalue weighted by Crippen LogP contribution is -2.52. The maximum Gasteiger partial charge on any atom is 0.303 e. The molecule has 0 saturated heterocycles. The molecular weight excluding hydrogens is 733 g/mol. The summed E-state index contributed by atoms with van der Waals surface area (Å²) in [5.74, 6) is 3.36. The molecule has 0 aromatic heterocycles. The smallest absolute Gasteiger partial charge is 0.303 e. The first-order valence-corrected chi connectivity index (χ1v) is 21.1. The van der Waals surface area contributed by atoms with Gasteiger partial charge in [0.15, 0.2) is 34.5 Å². The molecule has 3 atom stereocenters. The fourth-order valence-electron chi connectivity index (χ4n) is 9.42. The van der Waals surface area contributed by atoms with Gasteiger partial charge in [0.25, 0.3) is 0 Å². The number of phenolic OH excluding ortho intramolecular Hbond substituents is 1. The Labute approximate surface area is 343 Å². The zero-order valence-electron chi connectivity index (χ0n) is 35.0. The van der Waals surface area contributed by atoms with E-state index in [1.165, 1.54) is 36.0 Å². The fourth-order valence-corrected chi connectivity index (χ4v) is 9.42. The van der Waals surface area contributed by atoms with Gasteiger partial charge in [-0.15, -0.1) is 0 Å². The number of methoxy groups -OCH3 is 3. The molecule has 0 aliphatic carbocycles. The van der Waals surface area contributed by atoms with Crippen molar-refractivity contribution >= 4 is 5.97 Å². The lowest BCUT2D eigenvalue weighted by Gasteiger charge is -2.46. The number of rotatable bonds is 14. The summed E-state index contributed by atoms with van der Waals surface area (Å²) in [5, 5.41) is 20.8. The average molecular weight is 794 g/mol. The second kappa shape index (κ2) is 18.3. The monoisotopic (exact) mass is 793 g/mol. The number of unbranched alkanes of at least 4 members (excludes halogenated alkanes) is 7. The Morgan fingerprint density at radius 1 is 0.759 bits per heavy atom. The highest BCUT2D eigenvalue weighted by Crippen LogP contribution is 2.52. The molecule has 2 N–H and O–H groups in total. The van der Waals surface area contributed by atoms with Gasteiger partial charge in [-0.1, -0.05) is 50.3 Å². The number of hydrogen-bond donors (Lipinski definition) is 2. The molecule has 4 aliphatic rings. The molecule has 4 aromatic carbocycles. The molecule has 4 heterocycles. The number of likely N-dealkylation sites (N-methyl/N-ethyl adjacent to an activating group) is 2. The Kier molecular flexibility index (Phi) is 13.0. The predicted molar refractivity (Wildman–Crippen MR) is 225 cm³/mol. The van der Waals surface area contributed by atoms with Crippen molar-refractivity contribution in [1.29, 1.82) is 0 Å². The van der Waals surface area contributed by atoms with Crippen LogP contribution in [0.2, 0.25) is 0 Å². The largest absolute Gasteiger partial charge is 0.502 e. The maximum absolute atomic E-state index is 11.9. The van der Waals surface area contributed by atoms with Gasteiger partial charge in [-0.25, -0.2) is 0 Å². The summed E-state index contributed by atoms with van der Waals surface area (Å²) in [6.45, 7) is 2.91. The highest BCUT2D eigenvalue weighted by Gasteiger charge is 2.40. The number of aromatic hydroxyl groups is 1. The summed E-state index contributed by atoms with van der Waals surface area (Å²) < 4.78 is 32.0. The van der Waals surface area contributed by atoms with Gasteiger partial charge in [-0.05, 0) is 104 Å². The number of carboxylic acids is 1. The van der Waals surface area contributed by atoms with Gasteiger partial charge < -0.3 is 38.4 Å². The zero-order valence-corrected chi connectivity index (χ0v) is 35.0. The minimum atomic E-state index is -0.701. The highest BCUT2D eigenvalue weighted by atomic mass is 16.5. The van der Waals surface area contributed by atoms with Crippen LogP contribution >= 0.6 is 0 Å². The van der Waals surface area contributed by atoms with Crippen molar-refractivity contribution < 1.29 is 43.2 Å². The third-order valence-electron chi connectivity index (χ3n) is 12.9. The Hall–Kier alpha value is -4.93. The number of phenols is 1. The molecule has 0 saturated carbocycles. The van der Waals surface area contributed by atoms with Gasteiger partial charge in [-0.3, -0.25) is 9.69 Å². The maximum atomic E-state index is 11.9. The van der Waals surface area contributed by atoms with Crippen LogP contribution in [0.5, 0.6) is 46.0 Å². The Bertz CT molecular complexity index is 2070. The molecule has 3 unspecified atom stereocenters. The summed E-state index contributed by atoms with van der Waals surface area (Å²) in [4.78, 5) is 13.2. The lowest BCUT2D eigenvalue weighted by atomic mass is 9.85. The van der Waals surface area contributed by atoms with Crippen LogP contribution in [0.1, 0.15) is 103 Å². The first-order valence-electron chi connectivity index (χ1n) is 21.1. The summed E-state index contributed by atoms with van der Waals surface area (Å²) in [6.07, 6.45) is 12.2. The van der Waals surface area contributed by atoms with E-state index < -0.39 is 5.97 Å².